The molecule has 0 bridgehead atoms. The fourth-order valence-corrected chi connectivity index (χ4v) is 2.83. The minimum atomic E-state index is -1.09. The van der Waals surface area contributed by atoms with Crippen LogP contribution < -0.4 is 4.74 Å². The van der Waals surface area contributed by atoms with Gasteiger partial charge in [0.25, 0.3) is 0 Å². The van der Waals surface area contributed by atoms with Crippen molar-refractivity contribution in [2.24, 2.45) is 0 Å². The van der Waals surface area contributed by atoms with Gasteiger partial charge >= 0.3 is 0 Å². The Kier molecular flexibility index (Phi) is 5.39. The summed E-state index contributed by atoms with van der Waals surface area (Å²) in [6, 6.07) is 15.3. The molecule has 0 aliphatic rings. The zero-order valence-corrected chi connectivity index (χ0v) is 13.8. The number of benzene rings is 2. The standard InChI is InChI=1S/C17H19BrO3/c1-20-12-17(19,14-6-4-3-5-7-14)11-13-10-15(18)8-9-16(13)21-2/h3-10,19H,11-12H2,1-2H3. The van der Waals surface area contributed by atoms with E-state index in [-0.39, 0.29) is 6.61 Å². The molecule has 0 radical (unpaired) electrons. The van der Waals surface area contributed by atoms with Gasteiger partial charge in [-0.3, -0.25) is 0 Å². The third-order valence-corrected chi connectivity index (χ3v) is 3.91. The summed E-state index contributed by atoms with van der Waals surface area (Å²) in [5.41, 5.74) is 0.661. The summed E-state index contributed by atoms with van der Waals surface area (Å²) in [6.07, 6.45) is 0.410. The predicted molar refractivity (Wildman–Crippen MR) is 86.6 cm³/mol. The Bertz CT molecular complexity index is 586. The van der Waals surface area contributed by atoms with E-state index in [1.54, 1.807) is 14.2 Å². The molecule has 2 rings (SSSR count). The van der Waals surface area contributed by atoms with Gasteiger partial charge in [-0.05, 0) is 29.3 Å². The van der Waals surface area contributed by atoms with E-state index in [9.17, 15) is 5.11 Å². The molecule has 0 spiro atoms. The van der Waals surface area contributed by atoms with E-state index in [1.807, 2.05) is 48.5 Å². The van der Waals surface area contributed by atoms with Gasteiger partial charge in [-0.25, -0.2) is 0 Å². The van der Waals surface area contributed by atoms with Crippen LogP contribution in [0.4, 0.5) is 0 Å². The van der Waals surface area contributed by atoms with Crippen molar-refractivity contribution in [3.63, 3.8) is 0 Å². The van der Waals surface area contributed by atoms with Gasteiger partial charge in [-0.15, -0.1) is 0 Å². The van der Waals surface area contributed by atoms with Crippen LogP contribution in [-0.2, 0) is 16.8 Å². The summed E-state index contributed by atoms with van der Waals surface area (Å²) in [7, 11) is 3.22. The Morgan fingerprint density at radius 1 is 1.10 bits per heavy atom. The fourth-order valence-electron chi connectivity index (χ4n) is 2.42. The van der Waals surface area contributed by atoms with Gasteiger partial charge in [0.05, 0.1) is 13.7 Å². The second kappa shape index (κ2) is 7.07. The van der Waals surface area contributed by atoms with Gasteiger partial charge in [-0.1, -0.05) is 46.3 Å². The summed E-state index contributed by atoms with van der Waals surface area (Å²) < 4.78 is 11.6. The van der Waals surface area contributed by atoms with E-state index in [1.165, 1.54) is 0 Å². The lowest BCUT2D eigenvalue weighted by Gasteiger charge is -2.29. The van der Waals surface area contributed by atoms with Crippen molar-refractivity contribution in [2.45, 2.75) is 12.0 Å². The summed E-state index contributed by atoms with van der Waals surface area (Å²) in [5.74, 6) is 0.753. The highest BCUT2D eigenvalue weighted by atomic mass is 79.9. The van der Waals surface area contributed by atoms with Crippen molar-refractivity contribution in [1.29, 1.82) is 0 Å². The molecule has 21 heavy (non-hydrogen) atoms. The number of ether oxygens (including phenoxy) is 2. The molecule has 0 aromatic heterocycles. The highest BCUT2D eigenvalue weighted by molar-refractivity contribution is 9.10. The normalized spacial score (nSPS) is 13.7. The average Bonchev–Trinajstić information content (AvgIpc) is 2.48. The zero-order valence-electron chi connectivity index (χ0n) is 12.2. The Morgan fingerprint density at radius 2 is 1.81 bits per heavy atom. The van der Waals surface area contributed by atoms with Crippen molar-refractivity contribution < 1.29 is 14.6 Å². The molecular formula is C17H19BrO3. The second-order valence-corrected chi connectivity index (χ2v) is 5.88. The number of methoxy groups -OCH3 is 2. The summed E-state index contributed by atoms with van der Waals surface area (Å²) in [4.78, 5) is 0. The van der Waals surface area contributed by atoms with E-state index < -0.39 is 5.60 Å². The van der Waals surface area contributed by atoms with Crippen molar-refractivity contribution in [2.75, 3.05) is 20.8 Å². The fraction of sp³-hybridized carbons (Fsp3) is 0.294. The van der Waals surface area contributed by atoms with E-state index in [4.69, 9.17) is 9.47 Å². The van der Waals surface area contributed by atoms with Gasteiger partial charge < -0.3 is 14.6 Å². The molecule has 0 aliphatic carbocycles. The Hall–Kier alpha value is -1.36. The van der Waals surface area contributed by atoms with Crippen LogP contribution in [0.2, 0.25) is 0 Å². The maximum atomic E-state index is 11.1. The minimum Gasteiger partial charge on any atom is -0.496 e. The molecule has 0 saturated heterocycles. The average molecular weight is 351 g/mol. The summed E-state index contributed by atoms with van der Waals surface area (Å²) in [6.45, 7) is 0.215. The van der Waals surface area contributed by atoms with Crippen LogP contribution in [0.3, 0.4) is 0 Å². The van der Waals surface area contributed by atoms with Crippen LogP contribution in [0, 0.1) is 0 Å². The van der Waals surface area contributed by atoms with Crippen LogP contribution in [0.15, 0.2) is 53.0 Å². The monoisotopic (exact) mass is 350 g/mol. The molecule has 0 aliphatic heterocycles. The second-order valence-electron chi connectivity index (χ2n) is 4.96. The molecule has 0 amide bonds. The minimum absolute atomic E-state index is 0.215. The number of rotatable bonds is 6. The third-order valence-electron chi connectivity index (χ3n) is 3.42. The van der Waals surface area contributed by atoms with Gasteiger partial charge in [0.1, 0.15) is 11.4 Å². The first-order valence-corrected chi connectivity index (χ1v) is 7.47. The molecule has 2 aromatic rings. The van der Waals surface area contributed by atoms with E-state index in [2.05, 4.69) is 15.9 Å². The first kappa shape index (κ1) is 16.0. The van der Waals surface area contributed by atoms with Gasteiger partial charge in [0, 0.05) is 18.0 Å². The molecule has 0 heterocycles. The summed E-state index contributed by atoms with van der Waals surface area (Å²) >= 11 is 3.46. The van der Waals surface area contributed by atoms with Crippen molar-refractivity contribution in [3.05, 3.63) is 64.1 Å². The van der Waals surface area contributed by atoms with Crippen molar-refractivity contribution in [3.8, 4) is 5.75 Å². The highest BCUT2D eigenvalue weighted by Gasteiger charge is 2.30. The van der Waals surface area contributed by atoms with Gasteiger partial charge in [-0.2, -0.15) is 0 Å². The van der Waals surface area contributed by atoms with Crippen LogP contribution in [0.5, 0.6) is 5.75 Å². The number of halogens is 1. The Balaban J connectivity index is 2.39. The highest BCUT2D eigenvalue weighted by Crippen LogP contribution is 2.32. The Morgan fingerprint density at radius 3 is 2.43 bits per heavy atom. The largest absolute Gasteiger partial charge is 0.496 e. The van der Waals surface area contributed by atoms with Crippen molar-refractivity contribution in [1.82, 2.24) is 0 Å². The van der Waals surface area contributed by atoms with Gasteiger partial charge in [0.15, 0.2) is 0 Å². The molecule has 4 heteroatoms. The summed E-state index contributed by atoms with van der Waals surface area (Å²) in [5, 5.41) is 11.1. The molecule has 0 saturated carbocycles. The molecule has 1 atom stereocenters. The zero-order chi connectivity index (χ0) is 15.3. The van der Waals surface area contributed by atoms with Crippen LogP contribution in [-0.4, -0.2) is 25.9 Å². The van der Waals surface area contributed by atoms with Crippen molar-refractivity contribution >= 4 is 15.9 Å². The Labute approximate surface area is 133 Å². The predicted octanol–water partition coefficient (Wildman–Crippen LogP) is 3.53. The van der Waals surface area contributed by atoms with E-state index in [0.29, 0.717) is 6.42 Å². The van der Waals surface area contributed by atoms with E-state index >= 15 is 0 Å². The smallest absolute Gasteiger partial charge is 0.122 e. The van der Waals surface area contributed by atoms with Crippen LogP contribution in [0.1, 0.15) is 11.1 Å². The molecule has 1 N–H and O–H groups in total. The molecule has 112 valence electrons. The molecular weight excluding hydrogens is 332 g/mol. The molecule has 3 nitrogen and oxygen atoms in total. The number of aliphatic hydroxyl groups is 1. The first-order valence-electron chi connectivity index (χ1n) is 6.68. The number of hydrogen-bond donors (Lipinski definition) is 1. The quantitative estimate of drug-likeness (QED) is 0.865. The third kappa shape index (κ3) is 3.84. The maximum Gasteiger partial charge on any atom is 0.122 e. The maximum absolute atomic E-state index is 11.1. The molecule has 2 aromatic carbocycles. The van der Waals surface area contributed by atoms with Gasteiger partial charge in [0.2, 0.25) is 0 Å². The molecule has 1 unspecified atom stereocenters. The SMILES string of the molecule is COCC(O)(Cc1cc(Br)ccc1OC)c1ccccc1. The van der Waals surface area contributed by atoms with Crippen LogP contribution >= 0.6 is 15.9 Å². The van der Waals surface area contributed by atoms with Crippen LogP contribution in [0.25, 0.3) is 0 Å². The lowest BCUT2D eigenvalue weighted by Crippen LogP contribution is -2.34. The number of hydrogen-bond acceptors (Lipinski definition) is 3. The molecule has 0 fully saturated rings. The lowest BCUT2D eigenvalue weighted by molar-refractivity contribution is -0.0358. The first-order chi connectivity index (χ1) is 10.1. The van der Waals surface area contributed by atoms with E-state index in [0.717, 1.165) is 21.3 Å². The lowest BCUT2D eigenvalue weighted by atomic mass is 9.87. The topological polar surface area (TPSA) is 38.7 Å².